The van der Waals surface area contributed by atoms with Crippen molar-refractivity contribution in [2.24, 2.45) is 12.8 Å². The van der Waals surface area contributed by atoms with E-state index in [0.29, 0.717) is 5.16 Å². The standard InChI is InChI=1S/C12H13FN4O2S/c1-17-12(15-10(18)11(19)16-17)20-9(6-14)7-2-4-8(13)5-3-7/h2-5,9H,6,14H2,1H3,(H,16,19). The van der Waals surface area contributed by atoms with E-state index < -0.39 is 11.1 Å². The highest BCUT2D eigenvalue weighted by Gasteiger charge is 2.15. The fourth-order valence-corrected chi connectivity index (χ4v) is 2.61. The fraction of sp³-hybridized carbons (Fsp3) is 0.250. The molecule has 1 aromatic carbocycles. The number of thioether (sulfide) groups is 1. The van der Waals surface area contributed by atoms with Gasteiger partial charge in [0.2, 0.25) is 0 Å². The molecule has 1 unspecified atom stereocenters. The van der Waals surface area contributed by atoms with Crippen molar-refractivity contribution in [1.82, 2.24) is 14.8 Å². The van der Waals surface area contributed by atoms with Crippen molar-refractivity contribution >= 4 is 11.8 Å². The maximum Gasteiger partial charge on any atom is 0.339 e. The third kappa shape index (κ3) is 3.14. The number of aromatic nitrogens is 3. The van der Waals surface area contributed by atoms with Gasteiger partial charge in [-0.1, -0.05) is 23.9 Å². The predicted octanol–water partition coefficient (Wildman–Crippen LogP) is 0.400. The first-order chi connectivity index (χ1) is 9.51. The van der Waals surface area contributed by atoms with Crippen molar-refractivity contribution < 1.29 is 4.39 Å². The van der Waals surface area contributed by atoms with Crippen LogP contribution in [0.5, 0.6) is 0 Å². The SMILES string of the molecule is Cn1[nH]c(=O)c(=O)nc1SC(CN)c1ccc(F)cc1. The Morgan fingerprint density at radius 3 is 2.65 bits per heavy atom. The summed E-state index contributed by atoms with van der Waals surface area (Å²) in [7, 11) is 1.58. The largest absolute Gasteiger partial charge is 0.339 e. The lowest BCUT2D eigenvalue weighted by Crippen LogP contribution is -2.34. The van der Waals surface area contributed by atoms with E-state index in [1.54, 1.807) is 19.2 Å². The summed E-state index contributed by atoms with van der Waals surface area (Å²) in [4.78, 5) is 26.1. The van der Waals surface area contributed by atoms with E-state index in [1.807, 2.05) is 0 Å². The van der Waals surface area contributed by atoms with Crippen LogP contribution in [0.1, 0.15) is 10.8 Å². The lowest BCUT2D eigenvalue weighted by molar-refractivity contribution is 0.594. The molecule has 2 aromatic rings. The first-order valence-corrected chi connectivity index (χ1v) is 6.68. The summed E-state index contributed by atoms with van der Waals surface area (Å²) in [6.07, 6.45) is 0. The molecule has 0 fully saturated rings. The van der Waals surface area contributed by atoms with E-state index in [9.17, 15) is 14.0 Å². The van der Waals surface area contributed by atoms with Gasteiger partial charge in [-0.25, -0.2) is 4.39 Å². The quantitative estimate of drug-likeness (QED) is 0.629. The normalized spacial score (nSPS) is 12.3. The Kier molecular flexibility index (Phi) is 4.35. The second-order valence-electron chi connectivity index (χ2n) is 4.09. The summed E-state index contributed by atoms with van der Waals surface area (Å²) in [5.74, 6) is -0.330. The van der Waals surface area contributed by atoms with Gasteiger partial charge >= 0.3 is 11.1 Å². The van der Waals surface area contributed by atoms with Gasteiger partial charge in [-0.15, -0.1) is 0 Å². The van der Waals surface area contributed by atoms with Gasteiger partial charge < -0.3 is 5.73 Å². The van der Waals surface area contributed by atoms with Crippen LogP contribution in [0, 0.1) is 5.82 Å². The van der Waals surface area contributed by atoms with E-state index >= 15 is 0 Å². The average Bonchev–Trinajstić information content (AvgIpc) is 2.42. The zero-order valence-corrected chi connectivity index (χ0v) is 11.5. The minimum absolute atomic E-state index is 0.195. The number of H-pyrrole nitrogens is 1. The molecule has 1 aromatic heterocycles. The molecular weight excluding hydrogens is 283 g/mol. The summed E-state index contributed by atoms with van der Waals surface area (Å²) in [5.41, 5.74) is 4.90. The van der Waals surface area contributed by atoms with E-state index in [-0.39, 0.29) is 17.6 Å². The molecule has 1 heterocycles. The molecule has 6 nitrogen and oxygen atoms in total. The number of rotatable bonds is 4. The predicted molar refractivity (Wildman–Crippen MR) is 74.2 cm³/mol. The first-order valence-electron chi connectivity index (χ1n) is 5.81. The number of nitrogens with one attached hydrogen (secondary N) is 1. The molecule has 3 N–H and O–H groups in total. The second-order valence-corrected chi connectivity index (χ2v) is 5.26. The summed E-state index contributed by atoms with van der Waals surface area (Å²) in [6, 6.07) is 5.95. The van der Waals surface area contributed by atoms with Crippen LogP contribution in [0.2, 0.25) is 0 Å². The maximum atomic E-state index is 12.9. The third-order valence-corrected chi connectivity index (χ3v) is 3.98. The minimum Gasteiger partial charge on any atom is -0.329 e. The van der Waals surface area contributed by atoms with Crippen LogP contribution in [-0.4, -0.2) is 21.3 Å². The number of halogens is 1. The summed E-state index contributed by atoms with van der Waals surface area (Å²) < 4.78 is 14.3. The van der Waals surface area contributed by atoms with Gasteiger partial charge in [0, 0.05) is 18.8 Å². The molecule has 1 atom stereocenters. The fourth-order valence-electron chi connectivity index (χ4n) is 1.62. The van der Waals surface area contributed by atoms with Gasteiger partial charge in [0.1, 0.15) is 5.82 Å². The Labute approximate surface area is 117 Å². The highest BCUT2D eigenvalue weighted by molar-refractivity contribution is 7.99. The number of aromatic amines is 1. The number of nitrogens with zero attached hydrogens (tertiary/aromatic N) is 2. The molecule has 2 rings (SSSR count). The highest BCUT2D eigenvalue weighted by Crippen LogP contribution is 2.32. The zero-order valence-electron chi connectivity index (χ0n) is 10.7. The van der Waals surface area contributed by atoms with Gasteiger partial charge in [0.25, 0.3) is 0 Å². The van der Waals surface area contributed by atoms with Gasteiger partial charge in [0.05, 0.1) is 0 Å². The van der Waals surface area contributed by atoms with Crippen LogP contribution >= 0.6 is 11.8 Å². The van der Waals surface area contributed by atoms with Crippen LogP contribution < -0.4 is 16.9 Å². The van der Waals surface area contributed by atoms with Crippen molar-refractivity contribution in [3.05, 3.63) is 56.4 Å². The van der Waals surface area contributed by atoms with E-state index in [1.165, 1.54) is 28.6 Å². The van der Waals surface area contributed by atoms with Crippen LogP contribution in [-0.2, 0) is 7.05 Å². The van der Waals surface area contributed by atoms with E-state index in [0.717, 1.165) is 5.56 Å². The Morgan fingerprint density at radius 1 is 1.40 bits per heavy atom. The average molecular weight is 296 g/mol. The van der Waals surface area contributed by atoms with Crippen molar-refractivity contribution in [1.29, 1.82) is 0 Å². The van der Waals surface area contributed by atoms with Gasteiger partial charge in [0.15, 0.2) is 5.16 Å². The smallest absolute Gasteiger partial charge is 0.329 e. The summed E-state index contributed by atoms with van der Waals surface area (Å²) >= 11 is 1.23. The zero-order chi connectivity index (χ0) is 14.7. The van der Waals surface area contributed by atoms with Crippen LogP contribution in [0.15, 0.2) is 39.0 Å². The summed E-state index contributed by atoms with van der Waals surface area (Å²) in [6.45, 7) is 0.283. The van der Waals surface area contributed by atoms with Crippen LogP contribution in [0.4, 0.5) is 4.39 Å². The van der Waals surface area contributed by atoms with Crippen molar-refractivity contribution in [3.8, 4) is 0 Å². The maximum absolute atomic E-state index is 12.9. The molecule has 0 aliphatic carbocycles. The lowest BCUT2D eigenvalue weighted by Gasteiger charge is -2.15. The lowest BCUT2D eigenvalue weighted by atomic mass is 10.1. The number of benzene rings is 1. The topological polar surface area (TPSA) is 93.8 Å². The second kappa shape index (κ2) is 6.02. The molecule has 0 aliphatic heterocycles. The van der Waals surface area contributed by atoms with Crippen molar-refractivity contribution in [2.75, 3.05) is 6.54 Å². The number of hydrogen-bond acceptors (Lipinski definition) is 5. The van der Waals surface area contributed by atoms with E-state index in [4.69, 9.17) is 5.73 Å². The molecule has 0 bridgehead atoms. The molecule has 0 radical (unpaired) electrons. The summed E-state index contributed by atoms with van der Waals surface area (Å²) in [5, 5.41) is 2.51. The monoisotopic (exact) mass is 296 g/mol. The third-order valence-electron chi connectivity index (χ3n) is 2.65. The molecular formula is C12H13FN4O2S. The molecule has 0 spiro atoms. The Balaban J connectivity index is 2.31. The molecule has 106 valence electrons. The van der Waals surface area contributed by atoms with Gasteiger partial charge in [-0.3, -0.25) is 19.4 Å². The van der Waals surface area contributed by atoms with Crippen LogP contribution in [0.25, 0.3) is 0 Å². The van der Waals surface area contributed by atoms with Gasteiger partial charge in [-0.05, 0) is 17.7 Å². The molecule has 0 amide bonds. The van der Waals surface area contributed by atoms with E-state index in [2.05, 4.69) is 10.1 Å². The van der Waals surface area contributed by atoms with Crippen molar-refractivity contribution in [3.63, 3.8) is 0 Å². The Bertz CT molecular complexity index is 711. The number of nitrogens with two attached hydrogens (primary N) is 1. The van der Waals surface area contributed by atoms with Crippen molar-refractivity contribution in [2.45, 2.75) is 10.4 Å². The molecule has 0 aliphatic rings. The van der Waals surface area contributed by atoms with Crippen LogP contribution in [0.3, 0.4) is 0 Å². The highest BCUT2D eigenvalue weighted by atomic mass is 32.2. The minimum atomic E-state index is -0.847. The molecule has 0 saturated carbocycles. The Morgan fingerprint density at radius 2 is 2.05 bits per heavy atom. The molecule has 8 heteroatoms. The molecule has 20 heavy (non-hydrogen) atoms. The first kappa shape index (κ1) is 14.5. The van der Waals surface area contributed by atoms with Gasteiger partial charge in [-0.2, -0.15) is 4.98 Å². The number of hydrogen-bond donors (Lipinski definition) is 2. The molecule has 0 saturated heterocycles. The Hall–Kier alpha value is -1.93. The number of aryl methyl sites for hydroxylation is 1.